The van der Waals surface area contributed by atoms with E-state index in [0.717, 1.165) is 16.7 Å². The summed E-state index contributed by atoms with van der Waals surface area (Å²) in [5.74, 6) is -0.125. The second kappa shape index (κ2) is 8.82. The minimum Gasteiger partial charge on any atom is -0.496 e. The van der Waals surface area contributed by atoms with E-state index in [1.54, 1.807) is 30.4 Å². The minimum atomic E-state index is -0.808. The largest absolute Gasteiger partial charge is 0.496 e. The van der Waals surface area contributed by atoms with Gasteiger partial charge in [0.05, 0.1) is 18.6 Å². The van der Waals surface area contributed by atoms with Crippen LogP contribution in [0.3, 0.4) is 0 Å². The average Bonchev–Trinajstić information content (AvgIpc) is 3.47. The standard InChI is InChI=1S/C28H26N2O4S/c1-28(2)15-21(29-3)23-24(20-7-5-6-8-22(20)33-4)30(26(31)25(23)34-27(28)32)19-11-9-17(10-12-19)18-13-14-35-16-18/h5-14,16,24H,15H2,1-4H3. The SMILES string of the molecule is CN=C1CC(C)(C)C(=O)OC2=C1C(c1ccccc1OC)N(c1ccc(-c3ccsc3)cc1)C2=O. The molecule has 0 spiro atoms. The van der Waals surface area contributed by atoms with E-state index < -0.39 is 17.4 Å². The molecule has 3 aromatic rings. The highest BCUT2D eigenvalue weighted by atomic mass is 32.1. The Morgan fingerprint density at radius 2 is 1.80 bits per heavy atom. The predicted octanol–water partition coefficient (Wildman–Crippen LogP) is 5.81. The lowest BCUT2D eigenvalue weighted by Crippen LogP contribution is -2.35. The molecule has 0 saturated carbocycles. The molecule has 1 atom stereocenters. The molecule has 0 saturated heterocycles. The van der Waals surface area contributed by atoms with Crippen LogP contribution >= 0.6 is 11.3 Å². The molecule has 0 aliphatic carbocycles. The number of ether oxygens (including phenoxy) is 2. The van der Waals surface area contributed by atoms with Gasteiger partial charge < -0.3 is 9.47 Å². The van der Waals surface area contributed by atoms with Crippen LogP contribution in [0, 0.1) is 5.41 Å². The van der Waals surface area contributed by atoms with Crippen molar-refractivity contribution in [1.82, 2.24) is 0 Å². The van der Waals surface area contributed by atoms with Crippen molar-refractivity contribution in [3.8, 4) is 16.9 Å². The van der Waals surface area contributed by atoms with E-state index in [9.17, 15) is 9.59 Å². The Labute approximate surface area is 208 Å². The van der Waals surface area contributed by atoms with Gasteiger partial charge in [-0.25, -0.2) is 0 Å². The number of hydrogen-bond donors (Lipinski definition) is 0. The van der Waals surface area contributed by atoms with Crippen molar-refractivity contribution in [2.24, 2.45) is 10.4 Å². The topological polar surface area (TPSA) is 68.2 Å². The van der Waals surface area contributed by atoms with Gasteiger partial charge in [0, 0.05) is 36.0 Å². The molecule has 6 nitrogen and oxygen atoms in total. The Hall–Kier alpha value is -3.71. The highest BCUT2D eigenvalue weighted by molar-refractivity contribution is 7.08. The number of aliphatic imine (C=N–C) groups is 1. The van der Waals surface area contributed by atoms with Gasteiger partial charge in [0.15, 0.2) is 0 Å². The first-order chi connectivity index (χ1) is 16.9. The number of nitrogens with zero attached hydrogens (tertiary/aromatic N) is 2. The van der Waals surface area contributed by atoms with Gasteiger partial charge in [0.2, 0.25) is 5.76 Å². The number of hydrogen-bond acceptors (Lipinski definition) is 6. The van der Waals surface area contributed by atoms with Crippen molar-refractivity contribution < 1.29 is 19.1 Å². The molecule has 1 aromatic heterocycles. The highest BCUT2D eigenvalue weighted by Gasteiger charge is 2.50. The molecule has 3 heterocycles. The molecule has 2 aliphatic rings. The van der Waals surface area contributed by atoms with Crippen molar-refractivity contribution >= 4 is 34.6 Å². The summed E-state index contributed by atoms with van der Waals surface area (Å²) in [4.78, 5) is 33.1. The molecule has 2 aromatic carbocycles. The summed E-state index contributed by atoms with van der Waals surface area (Å²) in [6.07, 6.45) is 0.366. The number of benzene rings is 2. The van der Waals surface area contributed by atoms with E-state index in [1.165, 1.54) is 0 Å². The number of anilines is 1. The molecule has 0 bridgehead atoms. The van der Waals surface area contributed by atoms with Crippen LogP contribution in [0.2, 0.25) is 0 Å². The van der Waals surface area contributed by atoms with Crippen molar-refractivity contribution in [2.75, 3.05) is 19.1 Å². The number of methoxy groups -OCH3 is 1. The van der Waals surface area contributed by atoms with Crippen molar-refractivity contribution in [3.05, 3.63) is 82.3 Å². The Morgan fingerprint density at radius 3 is 2.46 bits per heavy atom. The quantitative estimate of drug-likeness (QED) is 0.437. The highest BCUT2D eigenvalue weighted by Crippen LogP contribution is 2.48. The van der Waals surface area contributed by atoms with E-state index in [2.05, 4.69) is 16.4 Å². The molecule has 35 heavy (non-hydrogen) atoms. The van der Waals surface area contributed by atoms with Crippen LogP contribution in [0.15, 0.2) is 81.7 Å². The fourth-order valence-corrected chi connectivity index (χ4v) is 5.36. The zero-order chi connectivity index (χ0) is 24.7. The lowest BCUT2D eigenvalue weighted by atomic mass is 9.83. The molecule has 178 valence electrons. The van der Waals surface area contributed by atoms with Gasteiger partial charge in [-0.2, -0.15) is 11.3 Å². The zero-order valence-electron chi connectivity index (χ0n) is 20.1. The smallest absolute Gasteiger partial charge is 0.317 e. The van der Waals surface area contributed by atoms with Gasteiger partial charge in [-0.1, -0.05) is 30.3 Å². The molecule has 0 radical (unpaired) electrons. The average molecular weight is 487 g/mol. The molecular weight excluding hydrogens is 460 g/mol. The van der Waals surface area contributed by atoms with E-state index in [1.807, 2.05) is 67.8 Å². The molecule has 1 amide bonds. The number of carbonyl (C=O) groups is 2. The molecular formula is C28H26N2O4S. The van der Waals surface area contributed by atoms with Gasteiger partial charge in [0.25, 0.3) is 5.91 Å². The summed E-state index contributed by atoms with van der Waals surface area (Å²) in [7, 11) is 3.30. The van der Waals surface area contributed by atoms with E-state index in [4.69, 9.17) is 9.47 Å². The maximum absolute atomic E-state index is 13.9. The minimum absolute atomic E-state index is 0.0407. The van der Waals surface area contributed by atoms with Gasteiger partial charge in [-0.15, -0.1) is 0 Å². The zero-order valence-corrected chi connectivity index (χ0v) is 20.9. The third-order valence-electron chi connectivity index (χ3n) is 6.56. The van der Waals surface area contributed by atoms with Crippen molar-refractivity contribution in [3.63, 3.8) is 0 Å². The maximum atomic E-state index is 13.9. The first-order valence-corrected chi connectivity index (χ1v) is 12.3. The van der Waals surface area contributed by atoms with E-state index in [-0.39, 0.29) is 11.7 Å². The molecule has 1 unspecified atom stereocenters. The fraction of sp³-hybridized carbons (Fsp3) is 0.250. The van der Waals surface area contributed by atoms with Crippen LogP contribution < -0.4 is 9.64 Å². The van der Waals surface area contributed by atoms with Crippen LogP contribution in [0.25, 0.3) is 11.1 Å². The van der Waals surface area contributed by atoms with Crippen molar-refractivity contribution in [1.29, 1.82) is 0 Å². The third kappa shape index (κ3) is 3.86. The Balaban J connectivity index is 1.68. The Bertz CT molecular complexity index is 1350. The summed E-state index contributed by atoms with van der Waals surface area (Å²) < 4.78 is 11.5. The normalized spacial score (nSPS) is 20.6. The number of para-hydroxylation sites is 1. The predicted molar refractivity (Wildman–Crippen MR) is 138 cm³/mol. The van der Waals surface area contributed by atoms with Crippen LogP contribution in [-0.4, -0.2) is 31.7 Å². The summed E-state index contributed by atoms with van der Waals surface area (Å²) in [5.41, 5.74) is 4.17. The summed E-state index contributed by atoms with van der Waals surface area (Å²) in [6, 6.07) is 17.0. The van der Waals surface area contributed by atoms with Crippen LogP contribution in [0.5, 0.6) is 5.75 Å². The molecule has 0 fully saturated rings. The fourth-order valence-electron chi connectivity index (χ4n) is 4.70. The monoisotopic (exact) mass is 486 g/mol. The second-order valence-corrected chi connectivity index (χ2v) is 10.0. The molecule has 5 rings (SSSR count). The van der Waals surface area contributed by atoms with Crippen LogP contribution in [0.4, 0.5) is 5.69 Å². The third-order valence-corrected chi connectivity index (χ3v) is 7.24. The summed E-state index contributed by atoms with van der Waals surface area (Å²) in [6.45, 7) is 3.62. The van der Waals surface area contributed by atoms with Gasteiger partial charge >= 0.3 is 5.97 Å². The lowest BCUT2D eigenvalue weighted by Gasteiger charge is -2.30. The van der Waals surface area contributed by atoms with Crippen LogP contribution in [0.1, 0.15) is 31.9 Å². The van der Waals surface area contributed by atoms with Gasteiger partial charge in [0.1, 0.15) is 5.75 Å². The second-order valence-electron chi connectivity index (χ2n) is 9.24. The van der Waals surface area contributed by atoms with E-state index >= 15 is 0 Å². The van der Waals surface area contributed by atoms with Gasteiger partial charge in [-0.3, -0.25) is 19.5 Å². The first kappa shape index (κ1) is 23.1. The van der Waals surface area contributed by atoms with Crippen LogP contribution in [-0.2, 0) is 14.3 Å². The first-order valence-electron chi connectivity index (χ1n) is 11.4. The number of carbonyl (C=O) groups excluding carboxylic acids is 2. The molecule has 7 heteroatoms. The number of esters is 1. The van der Waals surface area contributed by atoms with Crippen molar-refractivity contribution in [2.45, 2.75) is 26.3 Å². The Kier molecular flexibility index (Phi) is 5.81. The summed E-state index contributed by atoms with van der Waals surface area (Å²) in [5, 5.41) is 4.12. The maximum Gasteiger partial charge on any atom is 0.317 e. The number of rotatable bonds is 4. The lowest BCUT2D eigenvalue weighted by molar-refractivity contribution is -0.150. The number of thiophene rings is 1. The van der Waals surface area contributed by atoms with Gasteiger partial charge in [-0.05, 0) is 60.0 Å². The summed E-state index contributed by atoms with van der Waals surface area (Å²) >= 11 is 1.64. The van der Waals surface area contributed by atoms with E-state index in [0.29, 0.717) is 29.1 Å². The molecule has 2 aliphatic heterocycles. The Morgan fingerprint density at radius 1 is 1.06 bits per heavy atom. The number of amides is 1. The molecule has 0 N–H and O–H groups in total.